The summed E-state index contributed by atoms with van der Waals surface area (Å²) in [6.45, 7) is 5.78. The van der Waals surface area contributed by atoms with Crippen LogP contribution in [0.5, 0.6) is 5.75 Å². The van der Waals surface area contributed by atoms with Gasteiger partial charge < -0.3 is 10.2 Å². The molecule has 20 heavy (non-hydrogen) atoms. The Kier molecular flexibility index (Phi) is 2.96. The largest absolute Gasteiger partial charge is 0.508 e. The number of phenols is 1. The van der Waals surface area contributed by atoms with Crippen molar-refractivity contribution in [2.45, 2.75) is 13.5 Å². The molecule has 0 aliphatic heterocycles. The monoisotopic (exact) mass is 264 g/mol. The lowest BCUT2D eigenvalue weighted by Crippen LogP contribution is -1.92. The van der Waals surface area contributed by atoms with Gasteiger partial charge in [-0.15, -0.1) is 0 Å². The summed E-state index contributed by atoms with van der Waals surface area (Å²) in [5, 5.41) is 23.6. The minimum absolute atomic E-state index is 0.00918. The maximum atomic E-state index is 9.86. The Morgan fingerprint density at radius 1 is 1.05 bits per heavy atom. The molecule has 0 bridgehead atoms. The van der Waals surface area contributed by atoms with Gasteiger partial charge in [-0.25, -0.2) is 0 Å². The minimum Gasteiger partial charge on any atom is -0.508 e. The van der Waals surface area contributed by atoms with Gasteiger partial charge in [-0.2, -0.15) is 0 Å². The van der Waals surface area contributed by atoms with E-state index in [1.807, 2.05) is 37.3 Å². The summed E-state index contributed by atoms with van der Waals surface area (Å²) < 4.78 is 0. The Labute approximate surface area is 117 Å². The maximum absolute atomic E-state index is 9.86. The number of fused-ring (bicyclic) bond motifs is 3. The second kappa shape index (κ2) is 4.66. The first-order chi connectivity index (χ1) is 9.67. The summed E-state index contributed by atoms with van der Waals surface area (Å²) in [5.41, 5.74) is 2.69. The van der Waals surface area contributed by atoms with Gasteiger partial charge in [-0.05, 0) is 51.2 Å². The Morgan fingerprint density at radius 3 is 2.45 bits per heavy atom. The summed E-state index contributed by atoms with van der Waals surface area (Å²) in [7, 11) is 0. The highest BCUT2D eigenvalue weighted by Crippen LogP contribution is 2.35. The van der Waals surface area contributed by atoms with E-state index < -0.39 is 0 Å². The third-order valence-corrected chi connectivity index (χ3v) is 3.93. The molecule has 0 unspecified atom stereocenters. The summed E-state index contributed by atoms with van der Waals surface area (Å²) in [5.74, 6) is 0.301. The van der Waals surface area contributed by atoms with E-state index >= 15 is 0 Å². The van der Waals surface area contributed by atoms with Crippen LogP contribution in [0, 0.1) is 6.92 Å². The van der Waals surface area contributed by atoms with Crippen molar-refractivity contribution >= 4 is 27.6 Å². The van der Waals surface area contributed by atoms with Crippen molar-refractivity contribution in [1.82, 2.24) is 0 Å². The predicted molar refractivity (Wildman–Crippen MR) is 83.9 cm³/mol. The number of hydrogen-bond acceptors (Lipinski definition) is 2. The molecule has 3 rings (SSSR count). The molecular formula is C18H16O2. The van der Waals surface area contributed by atoms with Crippen molar-refractivity contribution in [3.63, 3.8) is 0 Å². The molecule has 3 aromatic carbocycles. The van der Waals surface area contributed by atoms with Gasteiger partial charge in [-0.3, -0.25) is 0 Å². The normalized spacial score (nSPS) is 11.1. The lowest BCUT2D eigenvalue weighted by molar-refractivity contribution is 0.282. The van der Waals surface area contributed by atoms with Crippen molar-refractivity contribution < 1.29 is 10.2 Å². The molecule has 0 saturated carbocycles. The van der Waals surface area contributed by atoms with Crippen molar-refractivity contribution in [2.24, 2.45) is 0 Å². The molecular weight excluding hydrogens is 248 g/mol. The Hall–Kier alpha value is -2.32. The maximum Gasteiger partial charge on any atom is 0.119 e. The lowest BCUT2D eigenvalue weighted by Gasteiger charge is -2.13. The zero-order chi connectivity index (χ0) is 14.3. The molecule has 3 aromatic rings. The van der Waals surface area contributed by atoms with Crippen LogP contribution in [0.3, 0.4) is 0 Å². The average molecular weight is 264 g/mol. The topological polar surface area (TPSA) is 40.5 Å². The highest BCUT2D eigenvalue weighted by Gasteiger charge is 2.10. The molecule has 2 nitrogen and oxygen atoms in total. The average Bonchev–Trinajstić information content (AvgIpc) is 2.49. The molecule has 0 heterocycles. The van der Waals surface area contributed by atoms with E-state index in [4.69, 9.17) is 0 Å². The number of aliphatic hydroxyl groups excluding tert-OH is 1. The second-order valence-corrected chi connectivity index (χ2v) is 4.97. The number of benzene rings is 3. The Balaban J connectivity index is 2.58. The van der Waals surface area contributed by atoms with Gasteiger partial charge in [0.05, 0.1) is 6.61 Å². The highest BCUT2D eigenvalue weighted by molar-refractivity contribution is 6.12. The Bertz CT molecular complexity index is 832. The molecule has 0 saturated heterocycles. The van der Waals surface area contributed by atoms with E-state index in [0.29, 0.717) is 5.75 Å². The number of aryl methyl sites for hydroxylation is 1. The molecule has 0 aliphatic rings. The van der Waals surface area contributed by atoms with Gasteiger partial charge >= 0.3 is 0 Å². The summed E-state index contributed by atoms with van der Waals surface area (Å²) in [4.78, 5) is 0. The Morgan fingerprint density at radius 2 is 1.75 bits per heavy atom. The number of aromatic hydroxyl groups is 1. The lowest BCUT2D eigenvalue weighted by atomic mass is 9.92. The van der Waals surface area contributed by atoms with Crippen LogP contribution in [-0.4, -0.2) is 10.2 Å². The fourth-order valence-electron chi connectivity index (χ4n) is 2.81. The van der Waals surface area contributed by atoms with Crippen LogP contribution in [-0.2, 0) is 6.61 Å². The SMILES string of the molecule is C=Cc1c(CO)ccc2ccc3c(C)c(O)ccc3c12. The van der Waals surface area contributed by atoms with Crippen molar-refractivity contribution in [3.05, 3.63) is 59.7 Å². The van der Waals surface area contributed by atoms with Crippen LogP contribution >= 0.6 is 0 Å². The van der Waals surface area contributed by atoms with Gasteiger partial charge in [0.25, 0.3) is 0 Å². The van der Waals surface area contributed by atoms with Crippen LogP contribution in [0.25, 0.3) is 27.6 Å². The molecule has 0 amide bonds. The summed E-state index contributed by atoms with van der Waals surface area (Å²) >= 11 is 0. The third-order valence-electron chi connectivity index (χ3n) is 3.93. The predicted octanol–water partition coefficient (Wildman–Crippen LogP) is 4.14. The zero-order valence-electron chi connectivity index (χ0n) is 11.4. The van der Waals surface area contributed by atoms with Crippen LogP contribution in [0.15, 0.2) is 43.0 Å². The first kappa shape index (κ1) is 12.7. The first-order valence-electron chi connectivity index (χ1n) is 6.57. The van der Waals surface area contributed by atoms with Gasteiger partial charge in [-0.1, -0.05) is 43.0 Å². The summed E-state index contributed by atoms with van der Waals surface area (Å²) in [6, 6.07) is 11.6. The van der Waals surface area contributed by atoms with Crippen LogP contribution in [0.2, 0.25) is 0 Å². The molecule has 0 atom stereocenters. The molecule has 0 radical (unpaired) electrons. The molecule has 0 aliphatic carbocycles. The molecule has 0 spiro atoms. The second-order valence-electron chi connectivity index (χ2n) is 4.97. The fraction of sp³-hybridized carbons (Fsp3) is 0.111. The third kappa shape index (κ3) is 1.69. The highest BCUT2D eigenvalue weighted by atomic mass is 16.3. The summed E-state index contributed by atoms with van der Waals surface area (Å²) in [6.07, 6.45) is 1.79. The quantitative estimate of drug-likeness (QED) is 0.683. The van der Waals surface area contributed by atoms with Crippen LogP contribution in [0.4, 0.5) is 0 Å². The molecule has 0 fully saturated rings. The molecule has 2 N–H and O–H groups in total. The number of aliphatic hydroxyl groups is 1. The molecule has 0 aromatic heterocycles. The van der Waals surface area contributed by atoms with E-state index in [9.17, 15) is 10.2 Å². The smallest absolute Gasteiger partial charge is 0.119 e. The zero-order valence-corrected chi connectivity index (χ0v) is 11.4. The molecule has 2 heteroatoms. The first-order valence-corrected chi connectivity index (χ1v) is 6.57. The minimum atomic E-state index is -0.00918. The van der Waals surface area contributed by atoms with Crippen molar-refractivity contribution in [1.29, 1.82) is 0 Å². The number of hydrogen-bond donors (Lipinski definition) is 2. The standard InChI is InChI=1S/C18H16O2/c1-3-14-13(10-19)5-4-12-6-7-15-11(2)17(20)9-8-16(15)18(12)14/h3-9,19-20H,1,10H2,2H3. The van der Waals surface area contributed by atoms with Gasteiger partial charge in [0.1, 0.15) is 5.75 Å². The van der Waals surface area contributed by atoms with E-state index in [0.717, 1.165) is 38.2 Å². The van der Waals surface area contributed by atoms with E-state index in [1.54, 1.807) is 12.1 Å². The number of rotatable bonds is 2. The number of phenolic OH excluding ortho intramolecular Hbond substituents is 1. The fourth-order valence-corrected chi connectivity index (χ4v) is 2.81. The molecule has 100 valence electrons. The van der Waals surface area contributed by atoms with Gasteiger partial charge in [0.15, 0.2) is 0 Å². The van der Waals surface area contributed by atoms with Crippen LogP contribution < -0.4 is 0 Å². The van der Waals surface area contributed by atoms with E-state index in [-0.39, 0.29) is 6.61 Å². The van der Waals surface area contributed by atoms with Crippen molar-refractivity contribution in [2.75, 3.05) is 0 Å². The van der Waals surface area contributed by atoms with Crippen molar-refractivity contribution in [3.8, 4) is 5.75 Å². The van der Waals surface area contributed by atoms with E-state index in [2.05, 4.69) is 6.58 Å². The van der Waals surface area contributed by atoms with Crippen LogP contribution in [0.1, 0.15) is 16.7 Å². The van der Waals surface area contributed by atoms with E-state index in [1.165, 1.54) is 0 Å². The van der Waals surface area contributed by atoms with Gasteiger partial charge in [0, 0.05) is 0 Å². The van der Waals surface area contributed by atoms with Gasteiger partial charge in [0.2, 0.25) is 0 Å².